The van der Waals surface area contributed by atoms with Gasteiger partial charge in [-0.25, -0.2) is 4.39 Å². The van der Waals surface area contributed by atoms with Crippen molar-refractivity contribution in [1.29, 1.82) is 0 Å². The second-order valence-corrected chi connectivity index (χ2v) is 5.44. The van der Waals surface area contributed by atoms with Gasteiger partial charge in [-0.3, -0.25) is 4.79 Å². The number of carbonyl (C=O) groups excluding carboxylic acids is 1. The van der Waals surface area contributed by atoms with Crippen LogP contribution in [-0.2, 0) is 5.75 Å². The monoisotopic (exact) mass is 250 g/mol. The van der Waals surface area contributed by atoms with Crippen molar-refractivity contribution in [3.63, 3.8) is 0 Å². The largest absolute Gasteiger partial charge is 0.288 e. The van der Waals surface area contributed by atoms with E-state index < -0.39 is 5.82 Å². The predicted molar refractivity (Wildman–Crippen MR) is 63.7 cm³/mol. The maximum Gasteiger partial charge on any atom is 0.207 e. The number of halogens is 1. The third-order valence-electron chi connectivity index (χ3n) is 2.54. The van der Waals surface area contributed by atoms with Crippen LogP contribution in [0, 0.1) is 5.82 Å². The third kappa shape index (κ3) is 1.41. The Bertz CT molecular complexity index is 574. The first-order valence-corrected chi connectivity index (χ1v) is 6.66. The summed E-state index contributed by atoms with van der Waals surface area (Å²) in [6.07, 6.45) is 0. The standard InChI is InChI=1S/C12H7FOS2/c13-8-2-1-3-9-10(8)11(14)12-7(6-16-9)4-5-15-12/h1-5H,6H2. The van der Waals surface area contributed by atoms with Crippen LogP contribution in [0.1, 0.15) is 20.8 Å². The van der Waals surface area contributed by atoms with Crippen molar-refractivity contribution in [3.8, 4) is 0 Å². The zero-order valence-corrected chi connectivity index (χ0v) is 9.83. The summed E-state index contributed by atoms with van der Waals surface area (Å²) in [5, 5.41) is 1.88. The Kier molecular flexibility index (Phi) is 2.33. The first kappa shape index (κ1) is 10.1. The molecule has 0 saturated carbocycles. The minimum Gasteiger partial charge on any atom is -0.288 e. The van der Waals surface area contributed by atoms with Crippen LogP contribution in [0.4, 0.5) is 4.39 Å². The van der Waals surface area contributed by atoms with Crippen molar-refractivity contribution in [3.05, 3.63) is 51.5 Å². The zero-order valence-electron chi connectivity index (χ0n) is 8.20. The van der Waals surface area contributed by atoms with E-state index in [1.54, 1.807) is 12.1 Å². The lowest BCUT2D eigenvalue weighted by molar-refractivity contribution is 0.103. The van der Waals surface area contributed by atoms with Crippen molar-refractivity contribution in [2.75, 3.05) is 0 Å². The first-order chi connectivity index (χ1) is 7.77. The van der Waals surface area contributed by atoms with Gasteiger partial charge in [-0.05, 0) is 29.1 Å². The van der Waals surface area contributed by atoms with Crippen molar-refractivity contribution in [2.45, 2.75) is 10.6 Å². The number of rotatable bonds is 0. The summed E-state index contributed by atoms with van der Waals surface area (Å²) in [6.45, 7) is 0. The normalized spacial score (nSPS) is 14.2. The summed E-state index contributed by atoms with van der Waals surface area (Å²) in [5.41, 5.74) is 1.24. The Labute approximate surface area is 100 Å². The number of benzene rings is 1. The maximum atomic E-state index is 13.7. The molecule has 4 heteroatoms. The fraction of sp³-hybridized carbons (Fsp3) is 0.0833. The molecule has 0 N–H and O–H groups in total. The summed E-state index contributed by atoms with van der Waals surface area (Å²) in [7, 11) is 0. The van der Waals surface area contributed by atoms with E-state index in [0.717, 1.165) is 16.2 Å². The molecule has 0 aliphatic carbocycles. The summed E-state index contributed by atoms with van der Waals surface area (Å²) < 4.78 is 13.7. The molecule has 0 spiro atoms. The molecule has 80 valence electrons. The highest BCUT2D eigenvalue weighted by molar-refractivity contribution is 7.98. The maximum absolute atomic E-state index is 13.7. The topological polar surface area (TPSA) is 17.1 Å². The lowest BCUT2D eigenvalue weighted by atomic mass is 10.1. The Morgan fingerprint density at radius 3 is 3.00 bits per heavy atom. The molecule has 0 unspecified atom stereocenters. The Hall–Kier alpha value is -1.13. The Morgan fingerprint density at radius 2 is 2.12 bits per heavy atom. The van der Waals surface area contributed by atoms with Gasteiger partial charge in [0.25, 0.3) is 0 Å². The van der Waals surface area contributed by atoms with E-state index in [4.69, 9.17) is 0 Å². The number of hydrogen-bond donors (Lipinski definition) is 0. The predicted octanol–water partition coefficient (Wildman–Crippen LogP) is 3.72. The number of thioether (sulfide) groups is 1. The van der Waals surface area contributed by atoms with E-state index in [1.165, 1.54) is 29.2 Å². The second-order valence-electron chi connectivity index (χ2n) is 3.51. The fourth-order valence-electron chi connectivity index (χ4n) is 1.76. The average molecular weight is 250 g/mol. The van der Waals surface area contributed by atoms with E-state index in [0.29, 0.717) is 4.88 Å². The van der Waals surface area contributed by atoms with Crippen LogP contribution in [0.25, 0.3) is 0 Å². The van der Waals surface area contributed by atoms with Gasteiger partial charge in [0.2, 0.25) is 5.78 Å². The Morgan fingerprint density at radius 1 is 1.25 bits per heavy atom. The zero-order chi connectivity index (χ0) is 11.1. The molecule has 0 radical (unpaired) electrons. The molecule has 1 aromatic carbocycles. The van der Waals surface area contributed by atoms with E-state index in [2.05, 4.69) is 0 Å². The molecule has 1 aromatic heterocycles. The van der Waals surface area contributed by atoms with Crippen LogP contribution >= 0.6 is 23.1 Å². The number of fused-ring (bicyclic) bond motifs is 2. The molecule has 0 saturated heterocycles. The third-order valence-corrected chi connectivity index (χ3v) is 4.60. The molecule has 1 aliphatic heterocycles. The van der Waals surface area contributed by atoms with Crippen molar-refractivity contribution >= 4 is 28.9 Å². The molecular weight excluding hydrogens is 243 g/mol. The van der Waals surface area contributed by atoms with Crippen LogP contribution in [0.15, 0.2) is 34.5 Å². The highest BCUT2D eigenvalue weighted by Crippen LogP contribution is 2.36. The van der Waals surface area contributed by atoms with Crippen molar-refractivity contribution < 1.29 is 9.18 Å². The van der Waals surface area contributed by atoms with Gasteiger partial charge >= 0.3 is 0 Å². The summed E-state index contributed by atoms with van der Waals surface area (Å²) in [4.78, 5) is 13.6. The van der Waals surface area contributed by atoms with E-state index in [1.807, 2.05) is 11.4 Å². The van der Waals surface area contributed by atoms with Crippen LogP contribution < -0.4 is 0 Å². The summed E-state index contributed by atoms with van der Waals surface area (Å²) >= 11 is 2.91. The molecule has 0 fully saturated rings. The molecule has 2 aromatic rings. The first-order valence-electron chi connectivity index (χ1n) is 4.80. The van der Waals surface area contributed by atoms with E-state index >= 15 is 0 Å². The molecule has 0 atom stereocenters. The summed E-state index contributed by atoms with van der Waals surface area (Å²) in [5.74, 6) is 0.139. The van der Waals surface area contributed by atoms with Gasteiger partial charge in [0.15, 0.2) is 0 Å². The van der Waals surface area contributed by atoms with Crippen LogP contribution in [0.2, 0.25) is 0 Å². The molecule has 3 rings (SSSR count). The van der Waals surface area contributed by atoms with Gasteiger partial charge in [-0.1, -0.05) is 6.07 Å². The SMILES string of the molecule is O=C1c2sccc2CSc2cccc(F)c21. The number of carbonyl (C=O) groups is 1. The van der Waals surface area contributed by atoms with Crippen molar-refractivity contribution in [1.82, 2.24) is 0 Å². The lowest BCUT2D eigenvalue weighted by Gasteiger charge is -2.03. The summed E-state index contributed by atoms with van der Waals surface area (Å²) in [6, 6.07) is 6.73. The van der Waals surface area contributed by atoms with Crippen LogP contribution in [0.3, 0.4) is 0 Å². The van der Waals surface area contributed by atoms with E-state index in [9.17, 15) is 9.18 Å². The van der Waals surface area contributed by atoms with Crippen LogP contribution in [0.5, 0.6) is 0 Å². The van der Waals surface area contributed by atoms with Gasteiger partial charge in [-0.15, -0.1) is 23.1 Å². The van der Waals surface area contributed by atoms with Crippen molar-refractivity contribution in [2.24, 2.45) is 0 Å². The molecule has 1 aliphatic rings. The molecular formula is C12H7FOS2. The highest BCUT2D eigenvalue weighted by atomic mass is 32.2. The average Bonchev–Trinajstić information content (AvgIpc) is 2.69. The number of ketones is 1. The van der Waals surface area contributed by atoms with Crippen LogP contribution in [-0.4, -0.2) is 5.78 Å². The van der Waals surface area contributed by atoms with Gasteiger partial charge < -0.3 is 0 Å². The van der Waals surface area contributed by atoms with E-state index in [-0.39, 0.29) is 11.3 Å². The lowest BCUT2D eigenvalue weighted by Crippen LogP contribution is -2.03. The molecule has 2 heterocycles. The molecule has 0 amide bonds. The van der Waals surface area contributed by atoms with Gasteiger partial charge in [0.05, 0.1) is 10.4 Å². The van der Waals surface area contributed by atoms with Gasteiger partial charge in [0.1, 0.15) is 5.82 Å². The molecule has 1 nitrogen and oxygen atoms in total. The van der Waals surface area contributed by atoms with Gasteiger partial charge in [0, 0.05) is 10.6 Å². The highest BCUT2D eigenvalue weighted by Gasteiger charge is 2.25. The minimum atomic E-state index is -0.420. The minimum absolute atomic E-state index is 0.178. The molecule has 16 heavy (non-hydrogen) atoms. The second kappa shape index (κ2) is 3.71. The molecule has 0 bridgehead atoms. The quantitative estimate of drug-likeness (QED) is 0.708. The number of hydrogen-bond acceptors (Lipinski definition) is 3. The fourth-order valence-corrected chi connectivity index (χ4v) is 3.78. The Balaban J connectivity index is 2.26. The smallest absolute Gasteiger partial charge is 0.207 e. The van der Waals surface area contributed by atoms with Gasteiger partial charge in [-0.2, -0.15) is 0 Å². The number of thiophene rings is 1.